The first-order valence-electron chi connectivity index (χ1n) is 3.45. The molecule has 0 aromatic heterocycles. The van der Waals surface area contributed by atoms with Crippen LogP contribution < -0.4 is 0 Å². The third-order valence-electron chi connectivity index (χ3n) is 1.58. The normalized spacial score (nSPS) is 8.64. The van der Waals surface area contributed by atoms with Crippen molar-refractivity contribution in [3.8, 4) is 0 Å². The standard InChI is InChI=1S/C9H6O3S.Na/c10-3-6-1-7(4-11)9(13)8(2-6)5-12;/h1-5,13H;. The van der Waals surface area contributed by atoms with Gasteiger partial charge in [-0.1, -0.05) is 0 Å². The molecule has 0 N–H and O–H groups in total. The van der Waals surface area contributed by atoms with Crippen LogP contribution in [0.4, 0.5) is 0 Å². The van der Waals surface area contributed by atoms with Crippen LogP contribution in [0.15, 0.2) is 17.0 Å². The van der Waals surface area contributed by atoms with Gasteiger partial charge in [-0.3, -0.25) is 14.4 Å². The molecule has 0 amide bonds. The molecule has 0 aliphatic rings. The van der Waals surface area contributed by atoms with Crippen molar-refractivity contribution in [2.75, 3.05) is 0 Å². The number of hydrogen-bond acceptors (Lipinski definition) is 4. The number of carbonyl (C=O) groups is 3. The average Bonchev–Trinajstić information content (AvgIpc) is 2.18. The number of carbonyl (C=O) groups excluding carboxylic acids is 3. The molecular formula is C9H6NaO3S. The van der Waals surface area contributed by atoms with Gasteiger partial charge in [-0.2, -0.15) is 0 Å². The third-order valence-corrected chi connectivity index (χ3v) is 2.10. The number of aldehydes is 3. The Balaban J connectivity index is 0.00000169. The molecule has 67 valence electrons. The van der Waals surface area contributed by atoms with Gasteiger partial charge in [-0.15, -0.1) is 12.6 Å². The van der Waals surface area contributed by atoms with Crippen LogP contribution in [0.2, 0.25) is 0 Å². The van der Waals surface area contributed by atoms with Gasteiger partial charge in [0, 0.05) is 51.1 Å². The number of rotatable bonds is 3. The fourth-order valence-electron chi connectivity index (χ4n) is 0.952. The first kappa shape index (κ1) is 13.6. The summed E-state index contributed by atoms with van der Waals surface area (Å²) in [6.07, 6.45) is 1.69. The molecule has 3 nitrogen and oxygen atoms in total. The van der Waals surface area contributed by atoms with Crippen LogP contribution in [-0.4, -0.2) is 48.4 Å². The first-order valence-corrected chi connectivity index (χ1v) is 3.90. The molecule has 5 heteroatoms. The summed E-state index contributed by atoms with van der Waals surface area (Å²) in [6, 6.07) is 2.77. The molecule has 0 spiro atoms. The van der Waals surface area contributed by atoms with Crippen LogP contribution in [0.1, 0.15) is 31.1 Å². The van der Waals surface area contributed by atoms with Crippen molar-refractivity contribution in [1.82, 2.24) is 0 Å². The minimum absolute atomic E-state index is 0. The predicted octanol–water partition coefficient (Wildman–Crippen LogP) is 1.03. The first-order chi connectivity index (χ1) is 6.22. The van der Waals surface area contributed by atoms with Gasteiger partial charge in [-0.05, 0) is 12.1 Å². The molecule has 0 heterocycles. The zero-order chi connectivity index (χ0) is 9.84. The van der Waals surface area contributed by atoms with Crippen LogP contribution in [-0.2, 0) is 0 Å². The largest absolute Gasteiger partial charge is 0.298 e. The van der Waals surface area contributed by atoms with Crippen LogP contribution in [0.5, 0.6) is 0 Å². The van der Waals surface area contributed by atoms with Gasteiger partial charge in [0.1, 0.15) is 6.29 Å². The van der Waals surface area contributed by atoms with E-state index < -0.39 is 0 Å². The molecule has 0 atom stereocenters. The number of benzene rings is 1. The molecule has 0 fully saturated rings. The molecule has 0 aliphatic heterocycles. The van der Waals surface area contributed by atoms with Crippen LogP contribution in [0, 0.1) is 0 Å². The van der Waals surface area contributed by atoms with Gasteiger partial charge in [0.2, 0.25) is 0 Å². The van der Waals surface area contributed by atoms with Gasteiger partial charge >= 0.3 is 0 Å². The second-order valence-corrected chi connectivity index (χ2v) is 2.85. The van der Waals surface area contributed by atoms with Crippen molar-refractivity contribution in [1.29, 1.82) is 0 Å². The number of hydrogen-bond donors (Lipinski definition) is 1. The second-order valence-electron chi connectivity index (χ2n) is 2.40. The van der Waals surface area contributed by atoms with Crippen molar-refractivity contribution in [2.24, 2.45) is 0 Å². The fourth-order valence-corrected chi connectivity index (χ4v) is 1.19. The van der Waals surface area contributed by atoms with E-state index in [1.54, 1.807) is 0 Å². The summed E-state index contributed by atoms with van der Waals surface area (Å²) in [5.41, 5.74) is 0.784. The molecule has 0 saturated heterocycles. The molecule has 1 aromatic rings. The molecule has 14 heavy (non-hydrogen) atoms. The molecule has 1 aromatic carbocycles. The van der Waals surface area contributed by atoms with Crippen molar-refractivity contribution >= 4 is 61.0 Å². The van der Waals surface area contributed by atoms with E-state index in [1.165, 1.54) is 12.1 Å². The smallest absolute Gasteiger partial charge is 0.151 e. The Morgan fingerprint density at radius 1 is 0.929 bits per heavy atom. The molecule has 0 saturated carbocycles. The van der Waals surface area contributed by atoms with E-state index in [1.807, 2.05) is 0 Å². The van der Waals surface area contributed by atoms with Gasteiger partial charge in [-0.25, -0.2) is 0 Å². The van der Waals surface area contributed by atoms with Gasteiger partial charge in [0.05, 0.1) is 0 Å². The second kappa shape index (κ2) is 6.14. The Labute approximate surface area is 109 Å². The summed E-state index contributed by atoms with van der Waals surface area (Å²) in [6.45, 7) is 0. The predicted molar refractivity (Wildman–Crippen MR) is 55.6 cm³/mol. The van der Waals surface area contributed by atoms with E-state index in [-0.39, 0.29) is 40.7 Å². The summed E-state index contributed by atoms with van der Waals surface area (Å²) >= 11 is 3.98. The maximum absolute atomic E-state index is 10.5. The number of thiol groups is 1. The van der Waals surface area contributed by atoms with E-state index in [2.05, 4.69) is 12.6 Å². The summed E-state index contributed by atoms with van der Waals surface area (Å²) in [5.74, 6) is 0. The Bertz CT molecular complexity index is 347. The minimum atomic E-state index is 0. The van der Waals surface area contributed by atoms with Gasteiger partial charge < -0.3 is 0 Å². The van der Waals surface area contributed by atoms with E-state index in [4.69, 9.17) is 0 Å². The summed E-state index contributed by atoms with van der Waals surface area (Å²) in [7, 11) is 0. The summed E-state index contributed by atoms with van der Waals surface area (Å²) in [4.78, 5) is 31.7. The van der Waals surface area contributed by atoms with E-state index >= 15 is 0 Å². The summed E-state index contributed by atoms with van der Waals surface area (Å²) in [5, 5.41) is 0. The van der Waals surface area contributed by atoms with E-state index in [9.17, 15) is 14.4 Å². The van der Waals surface area contributed by atoms with Crippen LogP contribution in [0.25, 0.3) is 0 Å². The van der Waals surface area contributed by atoms with Gasteiger partial charge in [0.25, 0.3) is 0 Å². The zero-order valence-electron chi connectivity index (χ0n) is 7.56. The average molecular weight is 217 g/mol. The maximum Gasteiger partial charge on any atom is 0.151 e. The van der Waals surface area contributed by atoms with Crippen LogP contribution in [0.3, 0.4) is 0 Å². The molecule has 1 radical (unpaired) electrons. The Morgan fingerprint density at radius 3 is 1.64 bits per heavy atom. The van der Waals surface area contributed by atoms with E-state index in [0.717, 1.165) is 0 Å². The van der Waals surface area contributed by atoms with Crippen molar-refractivity contribution in [3.05, 3.63) is 28.8 Å². The van der Waals surface area contributed by atoms with Crippen molar-refractivity contribution in [2.45, 2.75) is 4.90 Å². The van der Waals surface area contributed by atoms with Gasteiger partial charge in [0.15, 0.2) is 12.6 Å². The SMILES string of the molecule is O=Cc1cc(C=O)c(S)c(C=O)c1.[Na]. The minimum Gasteiger partial charge on any atom is -0.298 e. The monoisotopic (exact) mass is 217 g/mol. The summed E-state index contributed by atoms with van der Waals surface area (Å²) < 4.78 is 0. The maximum atomic E-state index is 10.5. The molecule has 0 aliphatic carbocycles. The van der Waals surface area contributed by atoms with Crippen molar-refractivity contribution < 1.29 is 14.4 Å². The third kappa shape index (κ3) is 2.78. The topological polar surface area (TPSA) is 51.2 Å². The fraction of sp³-hybridized carbons (Fsp3) is 0. The Kier molecular flexibility index (Phi) is 5.95. The zero-order valence-corrected chi connectivity index (χ0v) is 10.5. The molecule has 0 bridgehead atoms. The molecular weight excluding hydrogens is 211 g/mol. The van der Waals surface area contributed by atoms with Crippen LogP contribution >= 0.6 is 12.6 Å². The molecule has 1 rings (SSSR count). The Morgan fingerprint density at radius 2 is 1.36 bits per heavy atom. The molecule has 0 unspecified atom stereocenters. The van der Waals surface area contributed by atoms with E-state index in [0.29, 0.717) is 29.3 Å². The quantitative estimate of drug-likeness (QED) is 0.467. The Hall–Kier alpha value is -0.420. The van der Waals surface area contributed by atoms with Crippen molar-refractivity contribution in [3.63, 3.8) is 0 Å².